The van der Waals surface area contributed by atoms with Crippen LogP contribution in [0, 0.1) is 6.07 Å². The van der Waals surface area contributed by atoms with Crippen molar-refractivity contribution in [2.45, 2.75) is 18.7 Å². The minimum Gasteiger partial charge on any atom is -1.00 e. The van der Waals surface area contributed by atoms with Crippen LogP contribution in [-0.2, 0) is 9.47 Å². The molecular weight excluding hydrogens is 346 g/mol. The molecule has 0 saturated heterocycles. The zero-order chi connectivity index (χ0) is 12.8. The van der Waals surface area contributed by atoms with Crippen molar-refractivity contribution in [1.29, 1.82) is 0 Å². The maximum Gasteiger partial charge on any atom is 2.00 e. The number of furan rings is 1. The molecule has 0 radical (unpaired) electrons. The van der Waals surface area contributed by atoms with E-state index in [1.807, 2.05) is 0 Å². The van der Waals surface area contributed by atoms with E-state index in [1.54, 1.807) is 20.1 Å². The number of ether oxygens (including phenoxy) is 2. The summed E-state index contributed by atoms with van der Waals surface area (Å²) in [5, 5.41) is 0. The predicted molar refractivity (Wildman–Crippen MR) is 67.0 cm³/mol. The number of halogens is 2. The average molecular weight is 359 g/mol. The van der Waals surface area contributed by atoms with Gasteiger partial charge < -0.3 is 43.5 Å². The molecule has 1 aromatic heterocycles. The van der Waals surface area contributed by atoms with E-state index in [4.69, 9.17) is 13.9 Å². The zero-order valence-corrected chi connectivity index (χ0v) is 16.1. The van der Waals surface area contributed by atoms with E-state index < -0.39 is 11.9 Å². The van der Waals surface area contributed by atoms with E-state index >= 15 is 0 Å². The Morgan fingerprint density at radius 2 is 1.62 bits per heavy atom. The van der Waals surface area contributed by atoms with Crippen molar-refractivity contribution in [1.82, 2.24) is 0 Å². The third-order valence-corrected chi connectivity index (χ3v) is 2.46. The van der Waals surface area contributed by atoms with Gasteiger partial charge in [0.05, 0.1) is 19.0 Å². The second kappa shape index (κ2) is 15.4. The van der Waals surface area contributed by atoms with E-state index in [0.717, 1.165) is 0 Å². The van der Waals surface area contributed by atoms with Crippen LogP contribution in [0.5, 0.6) is 0 Å². The van der Waals surface area contributed by atoms with Crippen LogP contribution < -0.4 is 43.7 Å². The molecule has 0 bridgehead atoms. The van der Waals surface area contributed by atoms with Gasteiger partial charge in [-0.15, -0.1) is 6.07 Å². The molecule has 0 unspecified atom stereocenters. The SMILES string of the molecule is CCOC(=O)c1[c-]c(SC)c(C(=O)OCC)o1.[Cl-].[Cl-].[Li+].[Mg+2]. The largest absolute Gasteiger partial charge is 2.00 e. The van der Waals surface area contributed by atoms with Crippen molar-refractivity contribution in [2.75, 3.05) is 19.5 Å². The van der Waals surface area contributed by atoms with Crippen LogP contribution in [0.3, 0.4) is 0 Å². The summed E-state index contributed by atoms with van der Waals surface area (Å²) in [6.45, 7) is 3.84. The Morgan fingerprint density at radius 1 is 1.14 bits per heavy atom. The number of carbonyl (C=O) groups is 2. The molecular formula is C11H13Cl2LiMgO5S. The second-order valence-corrected chi connectivity index (χ2v) is 3.68. The van der Waals surface area contributed by atoms with Crippen molar-refractivity contribution in [3.63, 3.8) is 0 Å². The molecule has 0 spiro atoms. The molecule has 0 aliphatic carbocycles. The van der Waals surface area contributed by atoms with Crippen LogP contribution >= 0.6 is 11.8 Å². The van der Waals surface area contributed by atoms with Gasteiger partial charge in [0.25, 0.3) is 5.97 Å². The molecule has 0 N–H and O–H groups in total. The first-order chi connectivity index (χ1) is 8.13. The maximum atomic E-state index is 11.5. The zero-order valence-electron chi connectivity index (χ0n) is 12.3. The molecule has 0 saturated carbocycles. The molecule has 1 rings (SSSR count). The first-order valence-electron chi connectivity index (χ1n) is 5.08. The van der Waals surface area contributed by atoms with E-state index in [2.05, 4.69) is 6.07 Å². The van der Waals surface area contributed by atoms with E-state index in [9.17, 15) is 9.59 Å². The van der Waals surface area contributed by atoms with Crippen molar-refractivity contribution < 1.29 is 67.2 Å². The molecule has 0 aromatic carbocycles. The van der Waals surface area contributed by atoms with Crippen LogP contribution in [-0.4, -0.2) is 54.5 Å². The predicted octanol–water partition coefficient (Wildman–Crippen LogP) is -7.21. The Kier molecular flexibility index (Phi) is 21.7. The molecule has 110 valence electrons. The maximum absolute atomic E-state index is 11.5. The Labute approximate surface area is 168 Å². The minimum absolute atomic E-state index is 0. The minimum atomic E-state index is -0.640. The van der Waals surface area contributed by atoms with Gasteiger partial charge in [-0.3, -0.25) is 4.79 Å². The number of hydrogen-bond donors (Lipinski definition) is 0. The summed E-state index contributed by atoms with van der Waals surface area (Å²) >= 11 is 1.25. The molecule has 5 nitrogen and oxygen atoms in total. The van der Waals surface area contributed by atoms with Gasteiger partial charge in [-0.2, -0.15) is 11.8 Å². The summed E-state index contributed by atoms with van der Waals surface area (Å²) in [7, 11) is 0. The fourth-order valence-corrected chi connectivity index (χ4v) is 1.60. The Bertz CT molecular complexity index is 431. The summed E-state index contributed by atoms with van der Waals surface area (Å²) in [6, 6.07) is 2.68. The summed E-state index contributed by atoms with van der Waals surface area (Å²) in [6.07, 6.45) is 1.75. The molecule has 0 fully saturated rings. The summed E-state index contributed by atoms with van der Waals surface area (Å²) in [5.74, 6) is -1.37. The molecule has 0 aliphatic heterocycles. The van der Waals surface area contributed by atoms with E-state index in [-0.39, 0.29) is 91.5 Å². The fourth-order valence-electron chi connectivity index (χ4n) is 1.10. The van der Waals surface area contributed by atoms with Crippen LogP contribution in [0.25, 0.3) is 0 Å². The van der Waals surface area contributed by atoms with Gasteiger partial charge in [-0.05, 0) is 20.1 Å². The van der Waals surface area contributed by atoms with Gasteiger partial charge in [0.2, 0.25) is 0 Å². The van der Waals surface area contributed by atoms with Crippen molar-refractivity contribution in [2.24, 2.45) is 0 Å². The van der Waals surface area contributed by atoms with Crippen LogP contribution in [0.4, 0.5) is 0 Å². The van der Waals surface area contributed by atoms with Crippen molar-refractivity contribution in [3.8, 4) is 0 Å². The van der Waals surface area contributed by atoms with Gasteiger partial charge in [0, 0.05) is 0 Å². The van der Waals surface area contributed by atoms with Gasteiger partial charge in [0.1, 0.15) is 5.76 Å². The Balaban J connectivity index is -0.000000361. The summed E-state index contributed by atoms with van der Waals surface area (Å²) in [4.78, 5) is 23.4. The number of hydrogen-bond acceptors (Lipinski definition) is 6. The van der Waals surface area contributed by atoms with Crippen molar-refractivity contribution in [3.05, 3.63) is 17.6 Å². The monoisotopic (exact) mass is 358 g/mol. The molecule has 0 atom stereocenters. The van der Waals surface area contributed by atoms with Crippen molar-refractivity contribution >= 4 is 46.8 Å². The van der Waals surface area contributed by atoms with Gasteiger partial charge in [-0.1, -0.05) is 4.90 Å². The standard InChI is InChI=1S/C11H13O5S.2ClH.Li.Mg/c1-4-14-10(12)7-6-8(17-3)9(16-7)11(13)15-5-2;;;;/h4-5H2,1-3H3;2*1H;;/q-1;;;+1;+2/p-2. The average Bonchev–Trinajstić information content (AvgIpc) is 2.73. The molecule has 1 aromatic rings. The topological polar surface area (TPSA) is 65.7 Å². The third kappa shape index (κ3) is 8.65. The number of thioether (sulfide) groups is 1. The molecule has 0 aliphatic rings. The van der Waals surface area contributed by atoms with Crippen LogP contribution in [0.1, 0.15) is 35.0 Å². The first-order valence-corrected chi connectivity index (χ1v) is 6.30. The quantitative estimate of drug-likeness (QED) is 0.225. The Morgan fingerprint density at radius 3 is 2.05 bits per heavy atom. The Hall–Kier alpha value is 0.514. The van der Waals surface area contributed by atoms with Crippen LogP contribution in [0.15, 0.2) is 9.31 Å². The van der Waals surface area contributed by atoms with E-state index in [1.165, 1.54) is 11.8 Å². The fraction of sp³-hybridized carbons (Fsp3) is 0.455. The molecule has 10 heteroatoms. The molecule has 21 heavy (non-hydrogen) atoms. The smallest absolute Gasteiger partial charge is 1.00 e. The number of carbonyl (C=O) groups excluding carboxylic acids is 2. The summed E-state index contributed by atoms with van der Waals surface area (Å²) in [5.41, 5.74) is 0. The summed E-state index contributed by atoms with van der Waals surface area (Å²) < 4.78 is 14.7. The van der Waals surface area contributed by atoms with E-state index in [0.29, 0.717) is 4.90 Å². The van der Waals surface area contributed by atoms with Gasteiger partial charge in [-0.25, -0.2) is 0 Å². The van der Waals surface area contributed by atoms with Gasteiger partial charge in [0.15, 0.2) is 0 Å². The van der Waals surface area contributed by atoms with Crippen LogP contribution in [0.2, 0.25) is 0 Å². The van der Waals surface area contributed by atoms with Gasteiger partial charge >= 0.3 is 47.9 Å². The second-order valence-electron chi connectivity index (χ2n) is 2.86. The first kappa shape index (κ1) is 29.5. The number of esters is 2. The molecule has 1 heterocycles. The molecule has 0 amide bonds. The normalized spacial score (nSPS) is 8.14. The number of rotatable bonds is 5. The third-order valence-electron chi connectivity index (χ3n) is 1.76.